The van der Waals surface area contributed by atoms with Gasteiger partial charge in [0.05, 0.1) is 22.9 Å². The van der Waals surface area contributed by atoms with Crippen molar-refractivity contribution < 1.29 is 13.2 Å². The van der Waals surface area contributed by atoms with Crippen LogP contribution in [-0.2, 0) is 14.6 Å². The van der Waals surface area contributed by atoms with Crippen molar-refractivity contribution in [3.05, 3.63) is 18.3 Å². The lowest BCUT2D eigenvalue weighted by molar-refractivity contribution is -0.119. The number of sulfone groups is 1. The normalized spacial score (nSPS) is 21.2. The molecule has 1 saturated heterocycles. The van der Waals surface area contributed by atoms with Crippen molar-refractivity contribution in [1.82, 2.24) is 10.3 Å². The molecule has 104 valence electrons. The van der Waals surface area contributed by atoms with Crippen molar-refractivity contribution >= 4 is 33.2 Å². The zero-order chi connectivity index (χ0) is 13.9. The van der Waals surface area contributed by atoms with E-state index >= 15 is 0 Å². The Kier molecular flexibility index (Phi) is 4.31. The van der Waals surface area contributed by atoms with Crippen LogP contribution in [0.15, 0.2) is 23.4 Å². The van der Waals surface area contributed by atoms with E-state index in [1.165, 1.54) is 11.8 Å². The van der Waals surface area contributed by atoms with Crippen LogP contribution < -0.4 is 11.1 Å². The maximum Gasteiger partial charge on any atom is 0.230 e. The second-order valence-electron chi connectivity index (χ2n) is 4.35. The summed E-state index contributed by atoms with van der Waals surface area (Å²) in [6.45, 7) is 0. The van der Waals surface area contributed by atoms with Crippen molar-refractivity contribution in [2.45, 2.75) is 17.5 Å². The van der Waals surface area contributed by atoms with E-state index in [0.29, 0.717) is 17.1 Å². The fourth-order valence-electron chi connectivity index (χ4n) is 1.84. The summed E-state index contributed by atoms with van der Waals surface area (Å²) >= 11 is 1.24. The van der Waals surface area contributed by atoms with Gasteiger partial charge in [0.15, 0.2) is 9.84 Å². The largest absolute Gasteiger partial charge is 0.397 e. The van der Waals surface area contributed by atoms with Gasteiger partial charge in [-0.1, -0.05) is 11.8 Å². The highest BCUT2D eigenvalue weighted by Crippen LogP contribution is 2.21. The first-order chi connectivity index (χ1) is 8.96. The molecule has 1 aromatic rings. The Hall–Kier alpha value is -1.28. The molecular weight excluding hydrogens is 286 g/mol. The van der Waals surface area contributed by atoms with Crippen LogP contribution in [-0.4, -0.2) is 42.6 Å². The quantitative estimate of drug-likeness (QED) is 0.762. The monoisotopic (exact) mass is 301 g/mol. The number of carbonyl (C=O) groups excluding carboxylic acids is 1. The zero-order valence-electron chi connectivity index (χ0n) is 10.2. The Morgan fingerprint density at radius 3 is 3.00 bits per heavy atom. The number of thioether (sulfide) groups is 1. The van der Waals surface area contributed by atoms with E-state index in [9.17, 15) is 13.2 Å². The number of aromatic nitrogens is 1. The summed E-state index contributed by atoms with van der Waals surface area (Å²) in [4.78, 5) is 15.8. The number of nitrogens with zero attached hydrogens (tertiary/aromatic N) is 1. The zero-order valence-corrected chi connectivity index (χ0v) is 11.8. The number of pyridine rings is 1. The minimum Gasteiger partial charge on any atom is -0.397 e. The molecule has 6 nitrogen and oxygen atoms in total. The van der Waals surface area contributed by atoms with Crippen molar-refractivity contribution in [2.75, 3.05) is 23.0 Å². The van der Waals surface area contributed by atoms with Crippen LogP contribution in [0.2, 0.25) is 0 Å². The Bertz CT molecular complexity index is 574. The van der Waals surface area contributed by atoms with E-state index in [1.54, 1.807) is 18.3 Å². The number of anilines is 1. The van der Waals surface area contributed by atoms with Gasteiger partial charge in [0.1, 0.15) is 5.03 Å². The lowest BCUT2D eigenvalue weighted by Gasteiger charge is -2.10. The molecule has 0 radical (unpaired) electrons. The third-order valence-electron chi connectivity index (χ3n) is 2.74. The molecule has 0 aliphatic carbocycles. The van der Waals surface area contributed by atoms with Gasteiger partial charge in [-0.3, -0.25) is 4.79 Å². The molecule has 2 heterocycles. The average molecular weight is 301 g/mol. The number of hydrogen-bond acceptors (Lipinski definition) is 6. The van der Waals surface area contributed by atoms with Crippen molar-refractivity contribution in [3.8, 4) is 0 Å². The van der Waals surface area contributed by atoms with Crippen LogP contribution in [0, 0.1) is 0 Å². The van der Waals surface area contributed by atoms with E-state index in [4.69, 9.17) is 5.73 Å². The molecule has 8 heteroatoms. The summed E-state index contributed by atoms with van der Waals surface area (Å²) in [5.41, 5.74) is 6.24. The van der Waals surface area contributed by atoms with Gasteiger partial charge in [-0.05, 0) is 18.6 Å². The van der Waals surface area contributed by atoms with Crippen LogP contribution in [0.1, 0.15) is 6.42 Å². The molecule has 3 N–H and O–H groups in total. The first-order valence-electron chi connectivity index (χ1n) is 5.79. The number of rotatable bonds is 4. The van der Waals surface area contributed by atoms with E-state index in [0.717, 1.165) is 0 Å². The lowest BCUT2D eigenvalue weighted by Crippen LogP contribution is -2.36. The summed E-state index contributed by atoms with van der Waals surface area (Å²) in [7, 11) is -2.97. The predicted molar refractivity (Wildman–Crippen MR) is 74.6 cm³/mol. The Morgan fingerprint density at radius 1 is 1.58 bits per heavy atom. The number of carbonyl (C=O) groups is 1. The van der Waals surface area contributed by atoms with Crippen LogP contribution in [0.3, 0.4) is 0 Å². The molecule has 1 amide bonds. The topological polar surface area (TPSA) is 102 Å². The van der Waals surface area contributed by atoms with Gasteiger partial charge in [0.2, 0.25) is 5.91 Å². The van der Waals surface area contributed by atoms with E-state index in [2.05, 4.69) is 10.3 Å². The number of amides is 1. The number of nitrogens with two attached hydrogens (primary N) is 1. The summed E-state index contributed by atoms with van der Waals surface area (Å²) in [6, 6.07) is 3.18. The van der Waals surface area contributed by atoms with Crippen LogP contribution in [0.25, 0.3) is 0 Å². The summed E-state index contributed by atoms with van der Waals surface area (Å²) < 4.78 is 22.5. The SMILES string of the molecule is Nc1cccnc1SCC(=O)NC1CCS(=O)(=O)C1. The van der Waals surface area contributed by atoms with Crippen molar-refractivity contribution in [3.63, 3.8) is 0 Å². The van der Waals surface area contributed by atoms with E-state index in [1.807, 2.05) is 0 Å². The molecule has 0 aromatic carbocycles. The van der Waals surface area contributed by atoms with Crippen molar-refractivity contribution in [2.24, 2.45) is 0 Å². The molecule has 1 fully saturated rings. The first-order valence-corrected chi connectivity index (χ1v) is 8.60. The van der Waals surface area contributed by atoms with Crippen LogP contribution in [0.4, 0.5) is 5.69 Å². The highest BCUT2D eigenvalue weighted by Gasteiger charge is 2.28. The van der Waals surface area contributed by atoms with Crippen molar-refractivity contribution in [1.29, 1.82) is 0 Å². The van der Waals surface area contributed by atoms with Crippen LogP contribution in [0.5, 0.6) is 0 Å². The van der Waals surface area contributed by atoms with Gasteiger partial charge in [-0.2, -0.15) is 0 Å². The molecule has 0 bridgehead atoms. The molecule has 1 atom stereocenters. The number of nitrogen functional groups attached to an aromatic ring is 1. The minimum atomic E-state index is -2.97. The van der Waals surface area contributed by atoms with Gasteiger partial charge in [-0.15, -0.1) is 0 Å². The molecule has 2 rings (SSSR count). The minimum absolute atomic E-state index is 0.0368. The van der Waals surface area contributed by atoms with Gasteiger partial charge < -0.3 is 11.1 Å². The van der Waals surface area contributed by atoms with Gasteiger partial charge >= 0.3 is 0 Å². The summed E-state index contributed by atoms with van der Waals surface area (Å²) in [5.74, 6) is 0.169. The first kappa shape index (κ1) is 14.1. The van der Waals surface area contributed by atoms with Crippen LogP contribution >= 0.6 is 11.8 Å². The third-order valence-corrected chi connectivity index (χ3v) is 5.53. The van der Waals surface area contributed by atoms with Gasteiger partial charge in [-0.25, -0.2) is 13.4 Å². The molecule has 0 saturated carbocycles. The smallest absolute Gasteiger partial charge is 0.230 e. The maximum atomic E-state index is 11.7. The lowest BCUT2D eigenvalue weighted by atomic mass is 10.3. The molecule has 1 aliphatic rings. The van der Waals surface area contributed by atoms with Gasteiger partial charge in [0.25, 0.3) is 0 Å². The molecule has 19 heavy (non-hydrogen) atoms. The molecular formula is C11H15N3O3S2. The maximum absolute atomic E-state index is 11.7. The van der Waals surface area contributed by atoms with E-state index in [-0.39, 0.29) is 29.2 Å². The molecule has 0 spiro atoms. The Balaban J connectivity index is 1.81. The third kappa shape index (κ3) is 4.10. The fourth-order valence-corrected chi connectivity index (χ4v) is 4.23. The fraction of sp³-hybridized carbons (Fsp3) is 0.455. The average Bonchev–Trinajstić information content (AvgIpc) is 2.67. The summed E-state index contributed by atoms with van der Waals surface area (Å²) in [5, 5.41) is 3.32. The number of hydrogen-bond donors (Lipinski definition) is 2. The Labute approximate surface area is 116 Å². The highest BCUT2D eigenvalue weighted by molar-refractivity contribution is 8.00. The highest BCUT2D eigenvalue weighted by atomic mass is 32.2. The number of nitrogens with one attached hydrogen (secondary N) is 1. The van der Waals surface area contributed by atoms with Gasteiger partial charge in [0, 0.05) is 12.2 Å². The molecule has 1 aromatic heterocycles. The summed E-state index contributed by atoms with van der Waals surface area (Å²) in [6.07, 6.45) is 2.10. The Morgan fingerprint density at radius 2 is 2.37 bits per heavy atom. The predicted octanol–water partition coefficient (Wildman–Crippen LogP) is 0.0592. The molecule has 1 aliphatic heterocycles. The van der Waals surface area contributed by atoms with E-state index < -0.39 is 9.84 Å². The molecule has 1 unspecified atom stereocenters. The standard InChI is InChI=1S/C11H15N3O3S2/c12-9-2-1-4-13-11(9)18-6-10(15)14-8-3-5-19(16,17)7-8/h1-2,4,8H,3,5-7,12H2,(H,14,15). The second kappa shape index (κ2) is 5.79. The second-order valence-corrected chi connectivity index (χ2v) is 7.55.